The minimum absolute atomic E-state index is 0.000377. The second-order valence-corrected chi connectivity index (χ2v) is 5.26. The largest absolute Gasteiger partial charge is 0.493 e. The molecule has 1 N–H and O–H groups in total. The predicted molar refractivity (Wildman–Crippen MR) is 80.4 cm³/mol. The Morgan fingerprint density at radius 2 is 2.22 bits per heavy atom. The van der Waals surface area contributed by atoms with Crippen molar-refractivity contribution in [3.63, 3.8) is 0 Å². The Morgan fingerprint density at radius 3 is 2.96 bits per heavy atom. The number of ether oxygens (including phenoxy) is 3. The zero-order valence-electron chi connectivity index (χ0n) is 12.7. The summed E-state index contributed by atoms with van der Waals surface area (Å²) in [6.45, 7) is 0.654. The zero-order chi connectivity index (χ0) is 16.4. The minimum Gasteiger partial charge on any atom is -0.493 e. The first kappa shape index (κ1) is 15.4. The van der Waals surface area contributed by atoms with Crippen molar-refractivity contribution in [3.8, 4) is 11.5 Å². The van der Waals surface area contributed by atoms with Crippen LogP contribution >= 0.6 is 0 Å². The van der Waals surface area contributed by atoms with E-state index in [4.69, 9.17) is 14.2 Å². The molecule has 1 atom stereocenters. The maximum Gasteiger partial charge on any atom is 0.328 e. The predicted octanol–water partition coefficient (Wildman–Crippen LogP) is 0.783. The maximum atomic E-state index is 12.7. The highest BCUT2D eigenvalue weighted by Crippen LogP contribution is 2.35. The van der Waals surface area contributed by atoms with E-state index in [2.05, 4.69) is 0 Å². The number of amides is 1. The van der Waals surface area contributed by atoms with Crippen LogP contribution in [0.5, 0.6) is 11.5 Å². The lowest BCUT2D eigenvalue weighted by molar-refractivity contribution is -0.156. The van der Waals surface area contributed by atoms with Gasteiger partial charge in [0.05, 0.1) is 25.9 Å². The van der Waals surface area contributed by atoms with Gasteiger partial charge >= 0.3 is 5.97 Å². The number of aliphatic carboxylic acids is 1. The van der Waals surface area contributed by atoms with Gasteiger partial charge in [0.1, 0.15) is 6.61 Å². The highest BCUT2D eigenvalue weighted by molar-refractivity contribution is 6.01. The molecular weight excluding hydrogens is 302 g/mol. The molecule has 2 aliphatic rings. The lowest BCUT2D eigenvalue weighted by Crippen LogP contribution is -2.53. The summed E-state index contributed by atoms with van der Waals surface area (Å²) in [6, 6.07) is 4.43. The third kappa shape index (κ3) is 2.87. The van der Waals surface area contributed by atoms with Crippen LogP contribution in [0.3, 0.4) is 0 Å². The van der Waals surface area contributed by atoms with Gasteiger partial charge in [-0.25, -0.2) is 4.79 Å². The third-order valence-electron chi connectivity index (χ3n) is 3.88. The lowest BCUT2D eigenvalue weighted by atomic mass is 10.0. The van der Waals surface area contributed by atoms with Crippen molar-refractivity contribution in [1.29, 1.82) is 0 Å². The van der Waals surface area contributed by atoms with Crippen LogP contribution in [0.1, 0.15) is 5.56 Å². The normalized spacial score (nSPS) is 20.1. The van der Waals surface area contributed by atoms with E-state index in [1.807, 2.05) is 6.07 Å². The first-order chi connectivity index (χ1) is 11.1. The molecule has 1 aromatic carbocycles. The molecule has 2 heterocycles. The topological polar surface area (TPSA) is 85.3 Å². The van der Waals surface area contributed by atoms with Crippen molar-refractivity contribution in [1.82, 2.24) is 4.90 Å². The minimum atomic E-state index is -1.07. The molecule has 1 amide bonds. The van der Waals surface area contributed by atoms with E-state index < -0.39 is 12.0 Å². The Morgan fingerprint density at radius 1 is 1.39 bits per heavy atom. The molecule has 7 heteroatoms. The van der Waals surface area contributed by atoms with E-state index in [1.165, 1.54) is 4.90 Å². The number of hydrogen-bond acceptors (Lipinski definition) is 5. The number of fused-ring (bicyclic) bond motifs is 1. The average molecular weight is 319 g/mol. The molecule has 2 aliphatic heterocycles. The molecular formula is C16H17NO6. The number of benzene rings is 1. The van der Waals surface area contributed by atoms with Crippen LogP contribution in [0.25, 0.3) is 6.08 Å². The van der Waals surface area contributed by atoms with Gasteiger partial charge < -0.3 is 24.2 Å². The molecule has 23 heavy (non-hydrogen) atoms. The average Bonchev–Trinajstić information content (AvgIpc) is 2.60. The number of morpholine rings is 1. The van der Waals surface area contributed by atoms with E-state index in [9.17, 15) is 14.7 Å². The Bertz CT molecular complexity index is 669. The van der Waals surface area contributed by atoms with Gasteiger partial charge in [0.15, 0.2) is 17.5 Å². The van der Waals surface area contributed by atoms with Crippen molar-refractivity contribution < 1.29 is 28.9 Å². The number of nitrogens with zero attached hydrogens (tertiary/aromatic N) is 1. The molecule has 1 fully saturated rings. The number of carboxylic acids is 1. The van der Waals surface area contributed by atoms with Gasteiger partial charge in [-0.15, -0.1) is 0 Å². The van der Waals surface area contributed by atoms with E-state index in [0.717, 1.165) is 5.56 Å². The molecule has 7 nitrogen and oxygen atoms in total. The first-order valence-electron chi connectivity index (χ1n) is 7.23. The number of carbonyl (C=O) groups is 2. The number of hydrogen-bond donors (Lipinski definition) is 1. The Balaban J connectivity index is 1.88. The number of carboxylic acid groups (broad SMARTS) is 1. The van der Waals surface area contributed by atoms with Crippen molar-refractivity contribution in [2.75, 3.05) is 33.5 Å². The lowest BCUT2D eigenvalue weighted by Gasteiger charge is -2.34. The fourth-order valence-electron chi connectivity index (χ4n) is 2.70. The highest BCUT2D eigenvalue weighted by atomic mass is 16.5. The summed E-state index contributed by atoms with van der Waals surface area (Å²) in [5.41, 5.74) is 1.15. The van der Waals surface area contributed by atoms with Crippen LogP contribution in [0.4, 0.5) is 0 Å². The summed E-state index contributed by atoms with van der Waals surface area (Å²) in [6.07, 6.45) is 1.72. The summed E-state index contributed by atoms with van der Waals surface area (Å²) in [7, 11) is 1.55. The maximum absolute atomic E-state index is 12.7. The van der Waals surface area contributed by atoms with Crippen molar-refractivity contribution in [2.24, 2.45) is 0 Å². The van der Waals surface area contributed by atoms with Gasteiger partial charge in [0, 0.05) is 12.1 Å². The molecule has 122 valence electrons. The smallest absolute Gasteiger partial charge is 0.328 e. The quantitative estimate of drug-likeness (QED) is 0.886. The summed E-state index contributed by atoms with van der Waals surface area (Å²) in [5, 5.41) is 9.24. The van der Waals surface area contributed by atoms with Gasteiger partial charge in [-0.1, -0.05) is 12.1 Å². The van der Waals surface area contributed by atoms with Gasteiger partial charge in [-0.05, 0) is 12.1 Å². The number of methoxy groups -OCH3 is 1. The summed E-state index contributed by atoms with van der Waals surface area (Å²) in [5.74, 6) is -0.227. The van der Waals surface area contributed by atoms with Crippen molar-refractivity contribution in [2.45, 2.75) is 6.04 Å². The monoisotopic (exact) mass is 319 g/mol. The van der Waals surface area contributed by atoms with Crippen LogP contribution in [-0.4, -0.2) is 61.4 Å². The van der Waals surface area contributed by atoms with Crippen LogP contribution in [-0.2, 0) is 14.3 Å². The summed E-state index contributed by atoms with van der Waals surface area (Å²) >= 11 is 0. The van der Waals surface area contributed by atoms with Crippen LogP contribution in [0, 0.1) is 0 Å². The van der Waals surface area contributed by atoms with Gasteiger partial charge in [-0.2, -0.15) is 0 Å². The van der Waals surface area contributed by atoms with E-state index in [0.29, 0.717) is 23.7 Å². The van der Waals surface area contributed by atoms with Crippen molar-refractivity contribution >= 4 is 18.0 Å². The molecule has 0 aromatic heterocycles. The molecule has 0 bridgehead atoms. The Kier molecular flexibility index (Phi) is 4.20. The van der Waals surface area contributed by atoms with E-state index in [1.54, 1.807) is 25.3 Å². The second kappa shape index (κ2) is 6.29. The van der Waals surface area contributed by atoms with Crippen molar-refractivity contribution in [3.05, 3.63) is 29.3 Å². The molecule has 0 saturated carbocycles. The fourth-order valence-corrected chi connectivity index (χ4v) is 2.70. The summed E-state index contributed by atoms with van der Waals surface area (Å²) in [4.78, 5) is 25.3. The summed E-state index contributed by atoms with van der Waals surface area (Å²) < 4.78 is 16.0. The number of carbonyl (C=O) groups excluding carboxylic acids is 1. The number of rotatable bonds is 3. The molecule has 1 aromatic rings. The third-order valence-corrected chi connectivity index (χ3v) is 3.88. The molecule has 0 unspecified atom stereocenters. The molecule has 0 aliphatic carbocycles. The van der Waals surface area contributed by atoms with E-state index >= 15 is 0 Å². The van der Waals surface area contributed by atoms with Crippen LogP contribution in [0.2, 0.25) is 0 Å². The zero-order valence-corrected chi connectivity index (χ0v) is 12.7. The first-order valence-corrected chi connectivity index (χ1v) is 7.23. The molecule has 1 saturated heterocycles. The SMILES string of the molecule is COc1cccc2c1OCC(C(=O)N1CCOC[C@@H]1C(=O)O)=C2. The standard InChI is InChI=1S/C16H17NO6/c1-21-13-4-2-3-10-7-11(8-23-14(10)13)15(18)17-5-6-22-9-12(17)16(19)20/h2-4,7,12H,5-6,8-9H2,1H3,(H,19,20)/t12-/m1/s1. The Hall–Kier alpha value is -2.54. The number of para-hydroxylation sites is 1. The van der Waals surface area contributed by atoms with E-state index in [-0.39, 0.29) is 25.7 Å². The van der Waals surface area contributed by atoms with Crippen LogP contribution < -0.4 is 9.47 Å². The van der Waals surface area contributed by atoms with Gasteiger partial charge in [0.2, 0.25) is 0 Å². The molecule has 0 spiro atoms. The fraction of sp³-hybridized carbons (Fsp3) is 0.375. The van der Waals surface area contributed by atoms with Gasteiger partial charge in [0.25, 0.3) is 5.91 Å². The molecule has 3 rings (SSSR count). The van der Waals surface area contributed by atoms with Gasteiger partial charge in [-0.3, -0.25) is 4.79 Å². The highest BCUT2D eigenvalue weighted by Gasteiger charge is 2.35. The second-order valence-electron chi connectivity index (χ2n) is 5.26. The van der Waals surface area contributed by atoms with Crippen LogP contribution in [0.15, 0.2) is 23.8 Å². The molecule has 0 radical (unpaired) electrons. The Labute approximate surface area is 133 Å².